The molecule has 0 bridgehead atoms. The molecular formula is C21H20FN3O2S. The van der Waals surface area contributed by atoms with Crippen LogP contribution in [0.15, 0.2) is 54.6 Å². The van der Waals surface area contributed by atoms with Gasteiger partial charge in [0.1, 0.15) is 16.4 Å². The molecule has 1 fully saturated rings. The average molecular weight is 397 g/mol. The highest BCUT2D eigenvalue weighted by atomic mass is 32.1. The monoisotopic (exact) mass is 397 g/mol. The highest BCUT2D eigenvalue weighted by Crippen LogP contribution is 2.25. The molecule has 0 unspecified atom stereocenters. The second kappa shape index (κ2) is 7.98. The van der Waals surface area contributed by atoms with Gasteiger partial charge in [0, 0.05) is 37.4 Å². The first kappa shape index (κ1) is 18.4. The van der Waals surface area contributed by atoms with Crippen molar-refractivity contribution in [2.24, 2.45) is 0 Å². The Kier molecular flexibility index (Phi) is 5.25. The third-order valence-corrected chi connectivity index (χ3v) is 5.64. The molecule has 0 radical (unpaired) electrons. The number of benzene rings is 2. The minimum absolute atomic E-state index is 0.0102. The van der Waals surface area contributed by atoms with E-state index in [4.69, 9.17) is 4.74 Å². The second-order valence-corrected chi connectivity index (χ2v) is 7.37. The first-order valence-corrected chi connectivity index (χ1v) is 9.82. The summed E-state index contributed by atoms with van der Waals surface area (Å²) in [7, 11) is 1.63. The summed E-state index contributed by atoms with van der Waals surface area (Å²) in [6.45, 7) is 2.71. The normalized spacial score (nSPS) is 14.2. The molecule has 4 rings (SSSR count). The largest absolute Gasteiger partial charge is 0.497 e. The van der Waals surface area contributed by atoms with Crippen LogP contribution in [0.25, 0.3) is 11.3 Å². The molecule has 0 N–H and O–H groups in total. The van der Waals surface area contributed by atoms with Gasteiger partial charge in [-0.3, -0.25) is 4.79 Å². The van der Waals surface area contributed by atoms with Crippen molar-refractivity contribution in [3.8, 4) is 17.0 Å². The van der Waals surface area contributed by atoms with Gasteiger partial charge in [-0.25, -0.2) is 4.39 Å². The average Bonchev–Trinajstić information content (AvgIpc) is 3.24. The second-order valence-electron chi connectivity index (χ2n) is 6.56. The van der Waals surface area contributed by atoms with Crippen molar-refractivity contribution in [2.45, 2.75) is 0 Å². The highest BCUT2D eigenvalue weighted by Gasteiger charge is 2.24. The number of amides is 1. The summed E-state index contributed by atoms with van der Waals surface area (Å²) in [5.74, 6) is 0.556. The summed E-state index contributed by atoms with van der Waals surface area (Å²) in [5, 5.41) is 0. The van der Waals surface area contributed by atoms with E-state index in [-0.39, 0.29) is 11.7 Å². The number of methoxy groups -OCH3 is 1. The fourth-order valence-electron chi connectivity index (χ4n) is 3.25. The quantitative estimate of drug-likeness (QED) is 0.669. The van der Waals surface area contributed by atoms with Gasteiger partial charge >= 0.3 is 0 Å². The van der Waals surface area contributed by atoms with Gasteiger partial charge in [0.25, 0.3) is 5.91 Å². The molecule has 2 aromatic carbocycles. The van der Waals surface area contributed by atoms with Crippen LogP contribution in [-0.2, 0) is 0 Å². The third-order valence-electron chi connectivity index (χ3n) is 4.87. The summed E-state index contributed by atoms with van der Waals surface area (Å²) in [6.07, 6.45) is 0. The van der Waals surface area contributed by atoms with Crippen LogP contribution in [0.3, 0.4) is 0 Å². The fraction of sp³-hybridized carbons (Fsp3) is 0.238. The van der Waals surface area contributed by atoms with Crippen molar-refractivity contribution in [1.29, 1.82) is 0 Å². The molecule has 28 heavy (non-hydrogen) atoms. The van der Waals surface area contributed by atoms with Crippen molar-refractivity contribution >= 4 is 23.1 Å². The Morgan fingerprint density at radius 2 is 1.71 bits per heavy atom. The summed E-state index contributed by atoms with van der Waals surface area (Å²) < 4.78 is 22.7. The van der Waals surface area contributed by atoms with Gasteiger partial charge in [0.15, 0.2) is 0 Å². The van der Waals surface area contributed by atoms with Gasteiger partial charge in [-0.1, -0.05) is 0 Å². The Balaban J connectivity index is 1.40. The van der Waals surface area contributed by atoms with E-state index in [1.807, 2.05) is 35.2 Å². The number of rotatable bonds is 4. The topological polar surface area (TPSA) is 45.7 Å². The fourth-order valence-corrected chi connectivity index (χ4v) is 3.98. The van der Waals surface area contributed by atoms with Crippen LogP contribution in [0.1, 0.15) is 9.67 Å². The number of aromatic nitrogens is 1. The summed E-state index contributed by atoms with van der Waals surface area (Å²) >= 11 is 1.23. The molecule has 3 aromatic rings. The summed E-state index contributed by atoms with van der Waals surface area (Å²) in [4.78, 5) is 17.5. The van der Waals surface area contributed by atoms with Crippen molar-refractivity contribution in [3.63, 3.8) is 0 Å². The van der Waals surface area contributed by atoms with Crippen LogP contribution in [0.2, 0.25) is 0 Å². The zero-order valence-electron chi connectivity index (χ0n) is 15.5. The van der Waals surface area contributed by atoms with Crippen molar-refractivity contribution in [1.82, 2.24) is 9.27 Å². The smallest absolute Gasteiger partial charge is 0.265 e. The molecule has 7 heteroatoms. The standard InChI is InChI=1S/C21H20FN3O2S/c1-27-18-8-2-15(3-9-18)19-14-20(28-23-19)21(26)25-12-10-24(11-13-25)17-6-4-16(22)5-7-17/h2-9,14H,10-13H2,1H3. The van der Waals surface area contributed by atoms with Crippen LogP contribution in [0, 0.1) is 5.82 Å². The van der Waals surface area contributed by atoms with Gasteiger partial charge in [0.05, 0.1) is 12.8 Å². The lowest BCUT2D eigenvalue weighted by atomic mass is 10.1. The Labute approximate surface area is 167 Å². The van der Waals surface area contributed by atoms with E-state index in [1.54, 1.807) is 19.2 Å². The zero-order valence-corrected chi connectivity index (χ0v) is 16.3. The number of carbonyl (C=O) groups is 1. The minimum Gasteiger partial charge on any atom is -0.497 e. The molecule has 144 valence electrons. The predicted molar refractivity (Wildman–Crippen MR) is 109 cm³/mol. The number of halogens is 1. The lowest BCUT2D eigenvalue weighted by Crippen LogP contribution is -2.48. The van der Waals surface area contributed by atoms with E-state index in [1.165, 1.54) is 23.7 Å². The van der Waals surface area contributed by atoms with Crippen LogP contribution in [-0.4, -0.2) is 48.5 Å². The molecule has 1 aliphatic heterocycles. The van der Waals surface area contributed by atoms with E-state index in [0.717, 1.165) is 35.8 Å². The molecule has 1 amide bonds. The number of ether oxygens (including phenoxy) is 1. The maximum atomic E-state index is 13.1. The summed E-state index contributed by atoms with van der Waals surface area (Å²) in [6, 6.07) is 16.0. The van der Waals surface area contributed by atoms with Crippen LogP contribution in [0.4, 0.5) is 10.1 Å². The number of piperazine rings is 1. The van der Waals surface area contributed by atoms with Crippen molar-refractivity contribution in [2.75, 3.05) is 38.2 Å². The SMILES string of the molecule is COc1ccc(-c2cc(C(=O)N3CCN(c4ccc(F)cc4)CC3)sn2)cc1. The molecule has 5 nitrogen and oxygen atoms in total. The molecule has 1 aliphatic rings. The lowest BCUT2D eigenvalue weighted by Gasteiger charge is -2.35. The molecule has 0 spiro atoms. The first-order valence-electron chi connectivity index (χ1n) is 9.05. The van der Waals surface area contributed by atoms with E-state index in [9.17, 15) is 9.18 Å². The first-order chi connectivity index (χ1) is 13.6. The maximum Gasteiger partial charge on any atom is 0.265 e. The molecule has 2 heterocycles. The molecule has 0 aliphatic carbocycles. The van der Waals surface area contributed by atoms with Gasteiger partial charge in [-0.05, 0) is 66.1 Å². The summed E-state index contributed by atoms with van der Waals surface area (Å²) in [5.41, 5.74) is 2.73. The zero-order chi connectivity index (χ0) is 19.5. The molecule has 1 aromatic heterocycles. The third kappa shape index (κ3) is 3.84. The molecule has 1 saturated heterocycles. The minimum atomic E-state index is -0.240. The van der Waals surface area contributed by atoms with Crippen molar-refractivity contribution in [3.05, 3.63) is 65.3 Å². The van der Waals surface area contributed by atoms with E-state index in [0.29, 0.717) is 18.0 Å². The van der Waals surface area contributed by atoms with E-state index < -0.39 is 0 Å². The number of anilines is 1. The van der Waals surface area contributed by atoms with Gasteiger partial charge in [-0.15, -0.1) is 0 Å². The van der Waals surface area contributed by atoms with Crippen LogP contribution >= 0.6 is 11.5 Å². The molecule has 0 saturated carbocycles. The Morgan fingerprint density at radius 3 is 2.36 bits per heavy atom. The maximum absolute atomic E-state index is 13.1. The number of hydrogen-bond donors (Lipinski definition) is 0. The van der Waals surface area contributed by atoms with Gasteiger partial charge in [0.2, 0.25) is 0 Å². The number of nitrogens with zero attached hydrogens (tertiary/aromatic N) is 3. The lowest BCUT2D eigenvalue weighted by molar-refractivity contribution is 0.0751. The number of carbonyl (C=O) groups excluding carboxylic acids is 1. The van der Waals surface area contributed by atoms with Gasteiger partial charge < -0.3 is 14.5 Å². The molecule has 0 atom stereocenters. The van der Waals surface area contributed by atoms with E-state index >= 15 is 0 Å². The Hall–Kier alpha value is -2.93. The predicted octanol–water partition coefficient (Wildman–Crippen LogP) is 3.92. The van der Waals surface area contributed by atoms with Crippen LogP contribution in [0.5, 0.6) is 5.75 Å². The highest BCUT2D eigenvalue weighted by molar-refractivity contribution is 7.08. The molecular weight excluding hydrogens is 377 g/mol. The van der Waals surface area contributed by atoms with Crippen molar-refractivity contribution < 1.29 is 13.9 Å². The Morgan fingerprint density at radius 1 is 1.04 bits per heavy atom. The number of hydrogen-bond acceptors (Lipinski definition) is 5. The Bertz CT molecular complexity index is 949. The van der Waals surface area contributed by atoms with Gasteiger partial charge in [-0.2, -0.15) is 4.37 Å². The van der Waals surface area contributed by atoms with E-state index in [2.05, 4.69) is 9.27 Å². The van der Waals surface area contributed by atoms with Crippen LogP contribution < -0.4 is 9.64 Å².